The summed E-state index contributed by atoms with van der Waals surface area (Å²) in [4.78, 5) is 25.0. The molecule has 0 radical (unpaired) electrons. The number of ether oxygens (including phenoxy) is 2. The lowest BCUT2D eigenvalue weighted by atomic mass is 10.1. The Labute approximate surface area is 159 Å². The molecule has 27 heavy (non-hydrogen) atoms. The van der Waals surface area contributed by atoms with Crippen LogP contribution < -0.4 is 10.1 Å². The number of esters is 1. The Hall–Kier alpha value is -3.34. The summed E-state index contributed by atoms with van der Waals surface area (Å²) in [6, 6.07) is 14.3. The number of benzene rings is 2. The summed E-state index contributed by atoms with van der Waals surface area (Å²) >= 11 is 0. The Balaban J connectivity index is 2.26. The van der Waals surface area contributed by atoms with E-state index in [0.717, 1.165) is 5.56 Å². The summed E-state index contributed by atoms with van der Waals surface area (Å²) < 4.78 is 10.7. The maximum absolute atomic E-state index is 12.9. The number of amides is 1. The lowest BCUT2D eigenvalue weighted by Crippen LogP contribution is -2.25. The fourth-order valence-corrected chi connectivity index (χ4v) is 2.42. The number of anilines is 1. The van der Waals surface area contributed by atoms with Gasteiger partial charge in [-0.2, -0.15) is 0 Å². The molecule has 5 nitrogen and oxygen atoms in total. The van der Waals surface area contributed by atoms with E-state index in [1.807, 2.05) is 26.0 Å². The molecule has 0 aliphatic rings. The summed E-state index contributed by atoms with van der Waals surface area (Å²) in [5, 5.41) is 2.79. The van der Waals surface area contributed by atoms with Gasteiger partial charge in [0, 0.05) is 11.6 Å². The van der Waals surface area contributed by atoms with Crippen molar-refractivity contribution in [1.29, 1.82) is 0 Å². The molecule has 0 bridgehead atoms. The first kappa shape index (κ1) is 20.0. The highest BCUT2D eigenvalue weighted by Crippen LogP contribution is 2.27. The normalized spacial score (nSPS) is 12.1. The minimum Gasteiger partial charge on any atom is -0.495 e. The molecule has 1 atom stereocenters. The van der Waals surface area contributed by atoms with E-state index in [0.29, 0.717) is 17.0 Å². The fourth-order valence-electron chi connectivity index (χ4n) is 2.42. The number of allylic oxidation sites excluding steroid dienone is 3. The summed E-state index contributed by atoms with van der Waals surface area (Å²) in [7, 11) is 1.53. The van der Waals surface area contributed by atoms with Crippen molar-refractivity contribution < 1.29 is 19.1 Å². The lowest BCUT2D eigenvalue weighted by molar-refractivity contribution is -0.149. The smallest absolute Gasteiger partial charge is 0.331 e. The van der Waals surface area contributed by atoms with Crippen molar-refractivity contribution in [3.63, 3.8) is 0 Å². The minimum atomic E-state index is -1.08. The number of methoxy groups -OCH3 is 1. The van der Waals surface area contributed by atoms with Crippen molar-refractivity contribution >= 4 is 17.6 Å². The summed E-state index contributed by atoms with van der Waals surface area (Å²) in [6.07, 6.45) is 5.24. The van der Waals surface area contributed by atoms with Gasteiger partial charge in [-0.1, -0.05) is 54.6 Å². The van der Waals surface area contributed by atoms with Gasteiger partial charge in [0.15, 0.2) is 0 Å². The van der Waals surface area contributed by atoms with Gasteiger partial charge in [0.2, 0.25) is 6.10 Å². The van der Waals surface area contributed by atoms with Crippen LogP contribution in [0.15, 0.2) is 72.8 Å². The number of hydrogen-bond acceptors (Lipinski definition) is 4. The minimum absolute atomic E-state index is 0.460. The van der Waals surface area contributed by atoms with Crippen molar-refractivity contribution in [2.24, 2.45) is 0 Å². The number of nitrogens with one attached hydrogen (secondary N) is 1. The van der Waals surface area contributed by atoms with Gasteiger partial charge in [0.05, 0.1) is 12.8 Å². The molecule has 0 saturated heterocycles. The average molecular weight is 365 g/mol. The van der Waals surface area contributed by atoms with E-state index >= 15 is 0 Å². The van der Waals surface area contributed by atoms with Gasteiger partial charge >= 0.3 is 5.97 Å². The first-order valence-corrected chi connectivity index (χ1v) is 8.55. The van der Waals surface area contributed by atoms with Crippen LogP contribution in [0.25, 0.3) is 0 Å². The van der Waals surface area contributed by atoms with E-state index in [1.165, 1.54) is 13.2 Å². The molecule has 2 aromatic rings. The van der Waals surface area contributed by atoms with Crippen LogP contribution in [0.3, 0.4) is 0 Å². The zero-order valence-electron chi connectivity index (χ0n) is 15.6. The maximum atomic E-state index is 12.9. The Morgan fingerprint density at radius 1 is 1.07 bits per heavy atom. The standard InChI is InChI=1S/C22H23NO4/c1-4-5-7-12-20(24)27-21(17-10-8-6-9-11-17)22(25)23-18-15-16(2)13-14-19(18)26-3/h4-15,21H,1-3H3,(H,23,25)/b5-4+,12-7+/t21-/m1/s1. The number of rotatable bonds is 7. The first-order valence-electron chi connectivity index (χ1n) is 8.55. The van der Waals surface area contributed by atoms with E-state index in [1.54, 1.807) is 54.6 Å². The van der Waals surface area contributed by atoms with Gasteiger partial charge in [-0.3, -0.25) is 4.79 Å². The SMILES string of the molecule is C/C=C/C=C/C(=O)O[C@@H](C(=O)Nc1cc(C)ccc1OC)c1ccccc1. The molecular weight excluding hydrogens is 342 g/mol. The molecule has 0 unspecified atom stereocenters. The van der Waals surface area contributed by atoms with Gasteiger partial charge < -0.3 is 14.8 Å². The highest BCUT2D eigenvalue weighted by molar-refractivity contribution is 5.98. The molecule has 0 aliphatic carbocycles. The number of hydrogen-bond donors (Lipinski definition) is 1. The number of carbonyl (C=O) groups is 2. The third-order valence-electron chi connectivity index (χ3n) is 3.72. The lowest BCUT2D eigenvalue weighted by Gasteiger charge is -2.18. The molecule has 5 heteroatoms. The van der Waals surface area contributed by atoms with Crippen LogP contribution in [0, 0.1) is 6.92 Å². The molecule has 0 aromatic heterocycles. The van der Waals surface area contributed by atoms with Crippen LogP contribution in [-0.2, 0) is 14.3 Å². The maximum Gasteiger partial charge on any atom is 0.331 e. The average Bonchev–Trinajstić information content (AvgIpc) is 2.67. The summed E-state index contributed by atoms with van der Waals surface area (Å²) in [6.45, 7) is 3.75. The topological polar surface area (TPSA) is 64.6 Å². The van der Waals surface area contributed by atoms with Crippen molar-refractivity contribution in [2.45, 2.75) is 20.0 Å². The molecule has 0 fully saturated rings. The number of aryl methyl sites for hydroxylation is 1. The number of carbonyl (C=O) groups excluding carboxylic acids is 2. The molecule has 1 amide bonds. The Bertz CT molecular complexity index is 841. The zero-order chi connectivity index (χ0) is 19.6. The molecule has 2 rings (SSSR count). The molecule has 0 aliphatic heterocycles. The Morgan fingerprint density at radius 3 is 2.48 bits per heavy atom. The molecule has 2 aromatic carbocycles. The van der Waals surface area contributed by atoms with Crippen LogP contribution in [0.4, 0.5) is 5.69 Å². The molecule has 0 heterocycles. The zero-order valence-corrected chi connectivity index (χ0v) is 15.6. The molecule has 0 saturated carbocycles. The Kier molecular flexibility index (Phi) is 7.37. The van der Waals surface area contributed by atoms with Crippen LogP contribution >= 0.6 is 0 Å². The summed E-state index contributed by atoms with van der Waals surface area (Å²) in [5.41, 5.74) is 2.06. The largest absolute Gasteiger partial charge is 0.495 e. The van der Waals surface area contributed by atoms with Crippen molar-refractivity contribution in [3.8, 4) is 5.75 Å². The van der Waals surface area contributed by atoms with Gasteiger partial charge in [-0.25, -0.2) is 4.79 Å². The first-order chi connectivity index (χ1) is 13.0. The van der Waals surface area contributed by atoms with Crippen molar-refractivity contribution in [1.82, 2.24) is 0 Å². The summed E-state index contributed by atoms with van der Waals surface area (Å²) in [5.74, 6) is -0.536. The second-order valence-electron chi connectivity index (χ2n) is 5.81. The monoisotopic (exact) mass is 365 g/mol. The van der Waals surface area contributed by atoms with Gasteiger partial charge in [0.1, 0.15) is 5.75 Å². The Morgan fingerprint density at radius 2 is 1.81 bits per heavy atom. The van der Waals surface area contributed by atoms with Crippen LogP contribution in [0.1, 0.15) is 24.2 Å². The van der Waals surface area contributed by atoms with Crippen molar-refractivity contribution in [3.05, 3.63) is 84.0 Å². The van der Waals surface area contributed by atoms with Gasteiger partial charge in [0.25, 0.3) is 5.91 Å². The highest BCUT2D eigenvalue weighted by atomic mass is 16.5. The fraction of sp³-hybridized carbons (Fsp3) is 0.182. The third-order valence-corrected chi connectivity index (χ3v) is 3.72. The predicted octanol–water partition coefficient (Wildman–Crippen LogP) is 4.36. The van der Waals surface area contributed by atoms with Crippen molar-refractivity contribution in [2.75, 3.05) is 12.4 Å². The second kappa shape index (κ2) is 9.97. The van der Waals surface area contributed by atoms with E-state index in [-0.39, 0.29) is 0 Å². The van der Waals surface area contributed by atoms with Crippen LogP contribution in [-0.4, -0.2) is 19.0 Å². The van der Waals surface area contributed by atoms with E-state index in [2.05, 4.69) is 5.32 Å². The quantitative estimate of drug-likeness (QED) is 0.450. The van der Waals surface area contributed by atoms with E-state index < -0.39 is 18.0 Å². The third kappa shape index (κ3) is 5.85. The van der Waals surface area contributed by atoms with Crippen LogP contribution in [0.5, 0.6) is 5.75 Å². The van der Waals surface area contributed by atoms with E-state index in [4.69, 9.17) is 9.47 Å². The van der Waals surface area contributed by atoms with Gasteiger partial charge in [-0.05, 0) is 31.5 Å². The van der Waals surface area contributed by atoms with E-state index in [9.17, 15) is 9.59 Å². The van der Waals surface area contributed by atoms with Gasteiger partial charge in [-0.15, -0.1) is 0 Å². The molecule has 1 N–H and O–H groups in total. The highest BCUT2D eigenvalue weighted by Gasteiger charge is 2.25. The molecular formula is C22H23NO4. The molecule has 0 spiro atoms. The molecule has 140 valence electrons. The predicted molar refractivity (Wildman–Crippen MR) is 106 cm³/mol. The van der Waals surface area contributed by atoms with Crippen LogP contribution in [0.2, 0.25) is 0 Å². The second-order valence-corrected chi connectivity index (χ2v) is 5.81.